The van der Waals surface area contributed by atoms with E-state index < -0.39 is 0 Å². The van der Waals surface area contributed by atoms with Gasteiger partial charge in [0, 0.05) is 12.6 Å². The molecule has 0 aromatic heterocycles. The molecule has 0 saturated heterocycles. The highest BCUT2D eigenvalue weighted by Crippen LogP contribution is 2.40. The molecule has 5 atom stereocenters. The molecule has 2 heteroatoms. The molecule has 0 radical (unpaired) electrons. The maximum absolute atomic E-state index is 5.92. The summed E-state index contributed by atoms with van der Waals surface area (Å²) in [5.41, 5.74) is 5.92. The molecule has 2 aliphatic rings. The molecular weight excluding hydrogens is 196 g/mol. The molecule has 0 aromatic rings. The molecule has 2 rings (SSSR count). The highest BCUT2D eigenvalue weighted by molar-refractivity contribution is 4.90. The molecule has 0 heterocycles. The number of nitrogens with zero attached hydrogens (tertiary/aromatic N) is 1. The van der Waals surface area contributed by atoms with Crippen molar-refractivity contribution in [3.63, 3.8) is 0 Å². The van der Waals surface area contributed by atoms with E-state index in [0.29, 0.717) is 0 Å². The lowest BCUT2D eigenvalue weighted by Crippen LogP contribution is -2.45. The summed E-state index contributed by atoms with van der Waals surface area (Å²) in [5.74, 6) is 3.59. The summed E-state index contributed by atoms with van der Waals surface area (Å²) in [6.45, 7) is 6.95. The Morgan fingerprint density at radius 1 is 1.12 bits per heavy atom. The molecule has 16 heavy (non-hydrogen) atoms. The van der Waals surface area contributed by atoms with Crippen LogP contribution in [0.15, 0.2) is 0 Å². The second-order valence-corrected chi connectivity index (χ2v) is 6.39. The van der Waals surface area contributed by atoms with Crippen molar-refractivity contribution in [3.8, 4) is 0 Å². The average molecular weight is 224 g/mol. The van der Waals surface area contributed by atoms with Crippen molar-refractivity contribution in [2.45, 2.75) is 45.6 Å². The fourth-order valence-electron chi connectivity index (χ4n) is 3.39. The van der Waals surface area contributed by atoms with E-state index in [0.717, 1.165) is 36.3 Å². The summed E-state index contributed by atoms with van der Waals surface area (Å²) in [7, 11) is 2.32. The third-order valence-corrected chi connectivity index (χ3v) is 4.89. The molecule has 0 amide bonds. The zero-order valence-corrected chi connectivity index (χ0v) is 11.2. The van der Waals surface area contributed by atoms with Crippen LogP contribution in [0.25, 0.3) is 0 Å². The summed E-state index contributed by atoms with van der Waals surface area (Å²) < 4.78 is 0. The molecule has 2 N–H and O–H groups in total. The number of hydrogen-bond acceptors (Lipinski definition) is 2. The highest BCUT2D eigenvalue weighted by Gasteiger charge is 2.37. The normalized spacial score (nSPS) is 43.7. The van der Waals surface area contributed by atoms with Crippen LogP contribution in [0.3, 0.4) is 0 Å². The summed E-state index contributed by atoms with van der Waals surface area (Å²) in [4.78, 5) is 2.61. The van der Waals surface area contributed by atoms with E-state index in [9.17, 15) is 0 Å². The zero-order valence-electron chi connectivity index (χ0n) is 11.2. The molecule has 0 bridgehead atoms. The van der Waals surface area contributed by atoms with Gasteiger partial charge in [-0.25, -0.2) is 0 Å². The quantitative estimate of drug-likeness (QED) is 0.794. The van der Waals surface area contributed by atoms with Gasteiger partial charge in [0.05, 0.1) is 0 Å². The summed E-state index contributed by atoms with van der Waals surface area (Å²) in [6, 6.07) is 0.751. The van der Waals surface area contributed by atoms with E-state index in [1.54, 1.807) is 0 Å². The Hall–Kier alpha value is -0.0800. The smallest absolute Gasteiger partial charge is 0.0135 e. The van der Waals surface area contributed by atoms with E-state index in [1.165, 1.54) is 32.2 Å². The Labute approximate surface area is 101 Å². The second-order valence-electron chi connectivity index (χ2n) is 6.39. The first-order chi connectivity index (χ1) is 7.61. The van der Waals surface area contributed by atoms with Crippen molar-refractivity contribution in [2.75, 3.05) is 20.1 Å². The third-order valence-electron chi connectivity index (χ3n) is 4.89. The lowest BCUT2D eigenvalue weighted by Gasteiger charge is -2.40. The lowest BCUT2D eigenvalue weighted by molar-refractivity contribution is 0.103. The first kappa shape index (κ1) is 12.4. The van der Waals surface area contributed by atoms with Crippen LogP contribution in [-0.2, 0) is 0 Å². The van der Waals surface area contributed by atoms with E-state index in [-0.39, 0.29) is 0 Å². The van der Waals surface area contributed by atoms with Crippen LogP contribution < -0.4 is 5.73 Å². The van der Waals surface area contributed by atoms with Gasteiger partial charge in [-0.2, -0.15) is 0 Å². The lowest BCUT2D eigenvalue weighted by atomic mass is 9.78. The van der Waals surface area contributed by atoms with Crippen molar-refractivity contribution in [3.05, 3.63) is 0 Å². The van der Waals surface area contributed by atoms with Crippen molar-refractivity contribution in [1.29, 1.82) is 0 Å². The van der Waals surface area contributed by atoms with Gasteiger partial charge in [0.15, 0.2) is 0 Å². The molecule has 2 fully saturated rings. The van der Waals surface area contributed by atoms with Gasteiger partial charge in [0.25, 0.3) is 0 Å². The minimum Gasteiger partial charge on any atom is -0.330 e. The first-order valence-corrected chi connectivity index (χ1v) is 7.02. The number of rotatable bonds is 4. The highest BCUT2D eigenvalue weighted by atomic mass is 15.1. The third kappa shape index (κ3) is 2.78. The van der Waals surface area contributed by atoms with Gasteiger partial charge in [-0.3, -0.25) is 0 Å². The molecule has 5 unspecified atom stereocenters. The molecule has 2 aliphatic carbocycles. The maximum atomic E-state index is 5.92. The Bertz CT molecular complexity index is 229. The summed E-state index contributed by atoms with van der Waals surface area (Å²) in [5, 5.41) is 0. The predicted molar refractivity (Wildman–Crippen MR) is 69.2 cm³/mol. The van der Waals surface area contributed by atoms with Crippen molar-refractivity contribution in [2.24, 2.45) is 29.4 Å². The molecule has 2 nitrogen and oxygen atoms in total. The minimum absolute atomic E-state index is 0.746. The van der Waals surface area contributed by atoms with Crippen molar-refractivity contribution < 1.29 is 0 Å². The van der Waals surface area contributed by atoms with Crippen LogP contribution in [0.1, 0.15) is 39.5 Å². The van der Waals surface area contributed by atoms with Gasteiger partial charge in [0.1, 0.15) is 0 Å². The van der Waals surface area contributed by atoms with Gasteiger partial charge in [0.2, 0.25) is 0 Å². The van der Waals surface area contributed by atoms with Crippen LogP contribution in [0, 0.1) is 23.7 Å². The second kappa shape index (κ2) is 5.05. The van der Waals surface area contributed by atoms with Crippen molar-refractivity contribution in [1.82, 2.24) is 4.90 Å². The van der Waals surface area contributed by atoms with E-state index >= 15 is 0 Å². The van der Waals surface area contributed by atoms with Crippen LogP contribution in [0.2, 0.25) is 0 Å². The summed E-state index contributed by atoms with van der Waals surface area (Å²) in [6.07, 6.45) is 5.53. The molecule has 94 valence electrons. The fraction of sp³-hybridized carbons (Fsp3) is 1.00. The zero-order chi connectivity index (χ0) is 11.7. The maximum Gasteiger partial charge on any atom is 0.0135 e. The van der Waals surface area contributed by atoms with Crippen LogP contribution in [0.4, 0.5) is 0 Å². The topological polar surface area (TPSA) is 29.3 Å². The van der Waals surface area contributed by atoms with E-state index in [2.05, 4.69) is 25.8 Å². The molecular formula is C14H28N2. The van der Waals surface area contributed by atoms with E-state index in [4.69, 9.17) is 5.73 Å². The Kier molecular flexibility index (Phi) is 3.91. The Morgan fingerprint density at radius 3 is 2.38 bits per heavy atom. The molecule has 0 aromatic carbocycles. The number of nitrogens with two attached hydrogens (primary N) is 1. The monoisotopic (exact) mass is 224 g/mol. The summed E-state index contributed by atoms with van der Waals surface area (Å²) >= 11 is 0. The van der Waals surface area contributed by atoms with E-state index in [1.807, 2.05) is 0 Å². The average Bonchev–Trinajstić information content (AvgIpc) is 2.94. The van der Waals surface area contributed by atoms with Crippen molar-refractivity contribution >= 4 is 0 Å². The SMILES string of the molecule is CC1CCC(CN)C(N(C)CC2CC2C)C1. The molecule has 0 spiro atoms. The standard InChI is InChI=1S/C14H28N2/c1-10-4-5-12(8-15)14(6-10)16(3)9-13-7-11(13)2/h10-14H,4-9,15H2,1-3H3. The van der Waals surface area contributed by atoms with Gasteiger partial charge < -0.3 is 10.6 Å². The fourth-order valence-corrected chi connectivity index (χ4v) is 3.39. The van der Waals surface area contributed by atoms with Crippen LogP contribution in [0.5, 0.6) is 0 Å². The predicted octanol–water partition coefficient (Wildman–Crippen LogP) is 2.34. The molecule has 2 saturated carbocycles. The molecule has 0 aliphatic heterocycles. The van der Waals surface area contributed by atoms with Crippen LogP contribution in [-0.4, -0.2) is 31.1 Å². The Balaban J connectivity index is 1.87. The van der Waals surface area contributed by atoms with Crippen LogP contribution >= 0.6 is 0 Å². The van der Waals surface area contributed by atoms with Gasteiger partial charge in [-0.15, -0.1) is 0 Å². The first-order valence-electron chi connectivity index (χ1n) is 7.02. The number of hydrogen-bond donors (Lipinski definition) is 1. The van der Waals surface area contributed by atoms with Gasteiger partial charge in [-0.05, 0) is 56.5 Å². The largest absolute Gasteiger partial charge is 0.330 e. The van der Waals surface area contributed by atoms with Gasteiger partial charge in [-0.1, -0.05) is 20.3 Å². The Morgan fingerprint density at radius 2 is 1.81 bits per heavy atom. The minimum atomic E-state index is 0.746. The van der Waals surface area contributed by atoms with Gasteiger partial charge >= 0.3 is 0 Å².